The van der Waals surface area contributed by atoms with Crippen LogP contribution < -0.4 is 9.64 Å². The number of benzene rings is 2. The number of hydrogen-bond donors (Lipinski definition) is 1. The first-order valence-electron chi connectivity index (χ1n) is 9.05. The van der Waals surface area contributed by atoms with E-state index in [-0.39, 0.29) is 17.2 Å². The number of rotatable bonds is 4. The van der Waals surface area contributed by atoms with Crippen LogP contribution in [-0.4, -0.2) is 29.1 Å². The monoisotopic (exact) mass is 408 g/mol. The van der Waals surface area contributed by atoms with Gasteiger partial charge in [-0.05, 0) is 36.8 Å². The summed E-state index contributed by atoms with van der Waals surface area (Å²) in [6.45, 7) is 1.65. The van der Waals surface area contributed by atoms with Crippen molar-refractivity contribution in [2.24, 2.45) is 0 Å². The summed E-state index contributed by atoms with van der Waals surface area (Å²) >= 11 is 0. The van der Waals surface area contributed by atoms with E-state index in [0.717, 1.165) is 4.90 Å². The number of methoxy groups -OCH3 is 1. The van der Waals surface area contributed by atoms with Crippen molar-refractivity contribution >= 4 is 23.3 Å². The van der Waals surface area contributed by atoms with Gasteiger partial charge in [0.1, 0.15) is 23.1 Å². The van der Waals surface area contributed by atoms with Crippen LogP contribution in [0.3, 0.4) is 0 Å². The Bertz CT molecular complexity index is 1170. The molecule has 0 spiro atoms. The maximum Gasteiger partial charge on any atom is 0.301 e. The van der Waals surface area contributed by atoms with Gasteiger partial charge in [-0.15, -0.1) is 0 Å². The van der Waals surface area contributed by atoms with Crippen molar-refractivity contribution < 1.29 is 28.3 Å². The molecule has 0 radical (unpaired) electrons. The van der Waals surface area contributed by atoms with Crippen LogP contribution >= 0.6 is 0 Å². The zero-order valence-electron chi connectivity index (χ0n) is 16.1. The van der Waals surface area contributed by atoms with Crippen molar-refractivity contribution in [1.29, 1.82) is 0 Å². The molecular formula is C22H17FN2O5. The molecule has 3 aromatic rings. The van der Waals surface area contributed by atoms with Crippen LogP contribution in [0.2, 0.25) is 0 Å². The van der Waals surface area contributed by atoms with Crippen LogP contribution in [0.1, 0.15) is 22.9 Å². The third kappa shape index (κ3) is 3.22. The van der Waals surface area contributed by atoms with E-state index in [1.165, 1.54) is 37.4 Å². The lowest BCUT2D eigenvalue weighted by Gasteiger charge is -2.22. The van der Waals surface area contributed by atoms with E-state index in [4.69, 9.17) is 9.26 Å². The number of aryl methyl sites for hydroxylation is 1. The minimum absolute atomic E-state index is 0.119. The zero-order chi connectivity index (χ0) is 21.4. The minimum atomic E-state index is -1.01. The van der Waals surface area contributed by atoms with Crippen molar-refractivity contribution in [3.63, 3.8) is 0 Å². The number of halogens is 1. The number of aliphatic hydroxyl groups is 1. The van der Waals surface area contributed by atoms with Gasteiger partial charge in [0.2, 0.25) is 0 Å². The van der Waals surface area contributed by atoms with E-state index >= 15 is 0 Å². The Morgan fingerprint density at radius 2 is 1.90 bits per heavy atom. The molecule has 1 fully saturated rings. The van der Waals surface area contributed by atoms with Gasteiger partial charge >= 0.3 is 5.91 Å². The van der Waals surface area contributed by atoms with E-state index in [0.29, 0.717) is 22.6 Å². The SMILES string of the molecule is COc1cccc(/C(O)=C2\C(=O)C(=O)N(c3cc(C)on3)[C@H]2c2ccc(F)cc2)c1. The second-order valence-corrected chi connectivity index (χ2v) is 6.75. The Morgan fingerprint density at radius 1 is 1.17 bits per heavy atom. The molecule has 2 heterocycles. The molecule has 8 heteroatoms. The van der Waals surface area contributed by atoms with Gasteiger partial charge in [0.15, 0.2) is 5.82 Å². The lowest BCUT2D eigenvalue weighted by Crippen LogP contribution is -2.29. The van der Waals surface area contributed by atoms with E-state index in [1.54, 1.807) is 31.2 Å². The van der Waals surface area contributed by atoms with Crippen LogP contribution in [0.5, 0.6) is 5.75 Å². The standard InChI is InChI=1S/C22H17FN2O5/c1-12-10-17(24-30-12)25-19(13-6-8-15(23)9-7-13)18(21(27)22(25)28)20(26)14-4-3-5-16(11-14)29-2/h3-11,19,26H,1-2H3/b20-18+/t19-/m0/s1. The number of aromatic nitrogens is 1. The molecule has 0 unspecified atom stereocenters. The summed E-state index contributed by atoms with van der Waals surface area (Å²) in [6, 6.07) is 12.3. The summed E-state index contributed by atoms with van der Waals surface area (Å²) in [5.74, 6) is -1.57. The highest BCUT2D eigenvalue weighted by Gasteiger charge is 2.48. The van der Waals surface area contributed by atoms with E-state index in [1.807, 2.05) is 0 Å². The topological polar surface area (TPSA) is 92.9 Å². The van der Waals surface area contributed by atoms with Crippen molar-refractivity contribution in [3.05, 3.63) is 82.9 Å². The highest BCUT2D eigenvalue weighted by Crippen LogP contribution is 2.42. The first-order valence-corrected chi connectivity index (χ1v) is 9.05. The fourth-order valence-corrected chi connectivity index (χ4v) is 3.42. The maximum atomic E-state index is 13.5. The second-order valence-electron chi connectivity index (χ2n) is 6.75. The molecule has 30 heavy (non-hydrogen) atoms. The van der Waals surface area contributed by atoms with Crippen LogP contribution in [0.25, 0.3) is 5.76 Å². The normalized spacial score (nSPS) is 18.1. The number of Topliss-reactive ketones (excluding diaryl/α,β-unsaturated/α-hetero) is 1. The van der Waals surface area contributed by atoms with Crippen LogP contribution in [-0.2, 0) is 9.59 Å². The highest BCUT2D eigenvalue weighted by molar-refractivity contribution is 6.51. The Kier molecular flexibility index (Phi) is 4.83. The summed E-state index contributed by atoms with van der Waals surface area (Å²) in [4.78, 5) is 27.0. The lowest BCUT2D eigenvalue weighted by molar-refractivity contribution is -0.132. The molecule has 1 N–H and O–H groups in total. The maximum absolute atomic E-state index is 13.5. The summed E-state index contributed by atoms with van der Waals surface area (Å²) in [6.07, 6.45) is 0. The Labute approximate surface area is 171 Å². The number of hydrogen-bond acceptors (Lipinski definition) is 6. The Hall–Kier alpha value is -3.94. The molecule has 0 bridgehead atoms. The third-order valence-electron chi connectivity index (χ3n) is 4.84. The molecule has 0 saturated carbocycles. The van der Waals surface area contributed by atoms with Gasteiger partial charge in [0.05, 0.1) is 18.7 Å². The summed E-state index contributed by atoms with van der Waals surface area (Å²) in [5.41, 5.74) is 0.594. The molecule has 152 valence electrons. The quantitative estimate of drug-likeness (QED) is 0.401. The Balaban J connectivity index is 1.94. The molecule has 1 atom stereocenters. The third-order valence-corrected chi connectivity index (χ3v) is 4.84. The summed E-state index contributed by atoms with van der Waals surface area (Å²) < 4.78 is 23.7. The van der Waals surface area contributed by atoms with Crippen molar-refractivity contribution in [1.82, 2.24) is 5.16 Å². The summed E-state index contributed by atoms with van der Waals surface area (Å²) in [7, 11) is 1.48. The molecule has 1 saturated heterocycles. The molecule has 1 aliphatic rings. The molecule has 1 amide bonds. The number of carbonyl (C=O) groups excluding carboxylic acids is 2. The average molecular weight is 408 g/mol. The fourth-order valence-electron chi connectivity index (χ4n) is 3.42. The zero-order valence-corrected chi connectivity index (χ0v) is 16.1. The Morgan fingerprint density at radius 3 is 2.53 bits per heavy atom. The summed E-state index contributed by atoms with van der Waals surface area (Å²) in [5, 5.41) is 14.8. The van der Waals surface area contributed by atoms with Crippen molar-refractivity contribution in [3.8, 4) is 5.75 Å². The molecule has 0 aliphatic carbocycles. The first-order chi connectivity index (χ1) is 14.4. The molecule has 1 aliphatic heterocycles. The lowest BCUT2D eigenvalue weighted by atomic mass is 9.95. The molecule has 1 aromatic heterocycles. The van der Waals surface area contributed by atoms with Crippen molar-refractivity contribution in [2.75, 3.05) is 12.0 Å². The van der Waals surface area contributed by atoms with Crippen LogP contribution in [0, 0.1) is 12.7 Å². The average Bonchev–Trinajstić information content (AvgIpc) is 3.29. The number of amides is 1. The van der Waals surface area contributed by atoms with E-state index in [2.05, 4.69) is 5.16 Å². The van der Waals surface area contributed by atoms with E-state index in [9.17, 15) is 19.1 Å². The van der Waals surface area contributed by atoms with Crippen molar-refractivity contribution in [2.45, 2.75) is 13.0 Å². The number of ether oxygens (including phenoxy) is 1. The van der Waals surface area contributed by atoms with Crippen LogP contribution in [0.4, 0.5) is 10.2 Å². The van der Waals surface area contributed by atoms with Gasteiger partial charge in [-0.2, -0.15) is 0 Å². The minimum Gasteiger partial charge on any atom is -0.507 e. The van der Waals surface area contributed by atoms with E-state index < -0.39 is 23.5 Å². The largest absolute Gasteiger partial charge is 0.507 e. The number of ketones is 1. The number of anilines is 1. The molecule has 7 nitrogen and oxygen atoms in total. The number of aliphatic hydroxyl groups excluding tert-OH is 1. The number of carbonyl (C=O) groups is 2. The molecule has 4 rings (SSSR count). The van der Waals surface area contributed by atoms with Gasteiger partial charge in [0.25, 0.3) is 5.78 Å². The van der Waals surface area contributed by atoms with Crippen LogP contribution in [0.15, 0.2) is 64.7 Å². The first kappa shape index (κ1) is 19.4. The fraction of sp³-hybridized carbons (Fsp3) is 0.136. The number of nitrogens with zero attached hydrogens (tertiary/aromatic N) is 2. The van der Waals surface area contributed by atoms with Gasteiger partial charge < -0.3 is 14.4 Å². The van der Waals surface area contributed by atoms with Gasteiger partial charge in [-0.25, -0.2) is 4.39 Å². The highest BCUT2D eigenvalue weighted by atomic mass is 19.1. The molecular weight excluding hydrogens is 391 g/mol. The van der Waals surface area contributed by atoms with Gasteiger partial charge in [-0.1, -0.05) is 29.4 Å². The predicted octanol–water partition coefficient (Wildman–Crippen LogP) is 3.76. The second kappa shape index (κ2) is 7.47. The van der Waals surface area contributed by atoms with Gasteiger partial charge in [0, 0.05) is 11.6 Å². The smallest absolute Gasteiger partial charge is 0.301 e. The molecule has 2 aromatic carbocycles. The van der Waals surface area contributed by atoms with Gasteiger partial charge in [-0.3, -0.25) is 14.5 Å². The predicted molar refractivity (Wildman–Crippen MR) is 105 cm³/mol.